The van der Waals surface area contributed by atoms with E-state index in [1.165, 1.54) is 0 Å². The minimum Gasteiger partial charge on any atom is -0.495 e. The van der Waals surface area contributed by atoms with E-state index in [1.54, 1.807) is 20.3 Å². The molecule has 0 radical (unpaired) electrons. The molecule has 0 saturated heterocycles. The summed E-state index contributed by atoms with van der Waals surface area (Å²) >= 11 is 15.1. The third-order valence-corrected chi connectivity index (χ3v) is 4.94. The summed E-state index contributed by atoms with van der Waals surface area (Å²) in [6.07, 6.45) is 0. The first-order valence-corrected chi connectivity index (χ1v) is 8.14. The summed E-state index contributed by atoms with van der Waals surface area (Å²) in [5, 5.41) is 9.15. The molecule has 4 nitrogen and oxygen atoms in total. The van der Waals surface area contributed by atoms with Gasteiger partial charge in [-0.05, 0) is 40.3 Å². The van der Waals surface area contributed by atoms with Gasteiger partial charge in [-0.2, -0.15) is 5.10 Å². The van der Waals surface area contributed by atoms with Crippen molar-refractivity contribution in [3.63, 3.8) is 0 Å². The summed E-state index contributed by atoms with van der Waals surface area (Å²) in [6, 6.07) is 7.53. The standard InChI is InChI=1S/C15H11Cl2IN2O2/c1-21-10-6-11(22-2)14(17)12(13(10)16)7-3-4-8-9(5-7)19-20-15(8)18/h3-6H,1-2H3,(H,19,20). The summed E-state index contributed by atoms with van der Waals surface area (Å²) < 4.78 is 11.6. The molecule has 3 aromatic rings. The second-order valence-electron chi connectivity index (χ2n) is 4.55. The average molecular weight is 449 g/mol. The summed E-state index contributed by atoms with van der Waals surface area (Å²) in [4.78, 5) is 0. The van der Waals surface area contributed by atoms with Gasteiger partial charge >= 0.3 is 0 Å². The molecular weight excluding hydrogens is 438 g/mol. The normalized spacial score (nSPS) is 11.0. The number of benzene rings is 2. The van der Waals surface area contributed by atoms with Crippen molar-refractivity contribution in [2.45, 2.75) is 0 Å². The average Bonchev–Trinajstić information content (AvgIpc) is 2.89. The predicted octanol–water partition coefficient (Wildman–Crippen LogP) is 5.16. The highest BCUT2D eigenvalue weighted by molar-refractivity contribution is 14.1. The summed E-state index contributed by atoms with van der Waals surface area (Å²) in [7, 11) is 3.11. The number of nitrogens with zero attached hydrogens (tertiary/aromatic N) is 1. The van der Waals surface area contributed by atoms with Gasteiger partial charge in [0, 0.05) is 17.0 Å². The van der Waals surface area contributed by atoms with Crippen LogP contribution in [0.4, 0.5) is 0 Å². The summed E-state index contributed by atoms with van der Waals surface area (Å²) in [6.45, 7) is 0. The molecule has 0 amide bonds. The molecule has 0 aliphatic heterocycles. The van der Waals surface area contributed by atoms with Crippen LogP contribution in [0.25, 0.3) is 22.0 Å². The predicted molar refractivity (Wildman–Crippen MR) is 97.4 cm³/mol. The molecule has 2 aromatic carbocycles. The Hall–Kier alpha value is -1.18. The molecule has 22 heavy (non-hydrogen) atoms. The Kier molecular flexibility index (Phi) is 4.38. The fraction of sp³-hybridized carbons (Fsp3) is 0.133. The lowest BCUT2D eigenvalue weighted by molar-refractivity contribution is 0.395. The second-order valence-corrected chi connectivity index (χ2v) is 6.39. The molecule has 1 heterocycles. The lowest BCUT2D eigenvalue weighted by atomic mass is 10.0. The van der Waals surface area contributed by atoms with E-state index >= 15 is 0 Å². The zero-order valence-electron chi connectivity index (χ0n) is 11.7. The van der Waals surface area contributed by atoms with Crippen LogP contribution in [-0.4, -0.2) is 24.4 Å². The number of fused-ring (bicyclic) bond motifs is 1. The molecule has 0 spiro atoms. The minimum absolute atomic E-state index is 0.442. The number of halogens is 3. The molecule has 1 N–H and O–H groups in total. The fourth-order valence-corrected chi connectivity index (χ4v) is 3.57. The van der Waals surface area contributed by atoms with E-state index in [0.717, 1.165) is 20.2 Å². The van der Waals surface area contributed by atoms with Crippen molar-refractivity contribution in [2.24, 2.45) is 0 Å². The number of H-pyrrole nitrogens is 1. The molecule has 3 rings (SSSR count). The number of methoxy groups -OCH3 is 2. The number of aromatic nitrogens is 2. The first kappa shape index (κ1) is 15.7. The summed E-state index contributed by atoms with van der Waals surface area (Å²) in [5.41, 5.74) is 2.36. The zero-order chi connectivity index (χ0) is 15.9. The second kappa shape index (κ2) is 6.14. The van der Waals surface area contributed by atoms with Gasteiger partial charge in [0.2, 0.25) is 0 Å². The maximum Gasteiger partial charge on any atom is 0.141 e. The Morgan fingerprint density at radius 3 is 2.27 bits per heavy atom. The molecule has 0 aliphatic rings. The highest BCUT2D eigenvalue weighted by atomic mass is 127. The Morgan fingerprint density at radius 2 is 1.68 bits per heavy atom. The molecule has 0 aliphatic carbocycles. The minimum atomic E-state index is 0.442. The van der Waals surface area contributed by atoms with Gasteiger partial charge in [0.1, 0.15) is 15.2 Å². The van der Waals surface area contributed by atoms with Crippen LogP contribution in [0.1, 0.15) is 0 Å². The lowest BCUT2D eigenvalue weighted by Crippen LogP contribution is -1.93. The van der Waals surface area contributed by atoms with E-state index in [4.69, 9.17) is 32.7 Å². The van der Waals surface area contributed by atoms with Crippen molar-refractivity contribution in [3.05, 3.63) is 38.0 Å². The molecule has 0 fully saturated rings. The van der Waals surface area contributed by atoms with E-state index in [2.05, 4.69) is 32.8 Å². The Balaban J connectivity index is 2.28. The third kappa shape index (κ3) is 2.51. The van der Waals surface area contributed by atoms with Crippen LogP contribution < -0.4 is 9.47 Å². The third-order valence-electron chi connectivity index (χ3n) is 3.37. The molecular formula is C15H11Cl2IN2O2. The van der Waals surface area contributed by atoms with E-state index < -0.39 is 0 Å². The van der Waals surface area contributed by atoms with Gasteiger partial charge in [0.25, 0.3) is 0 Å². The van der Waals surface area contributed by atoms with Gasteiger partial charge < -0.3 is 9.47 Å². The van der Waals surface area contributed by atoms with Gasteiger partial charge in [0.15, 0.2) is 0 Å². The number of hydrogen-bond donors (Lipinski definition) is 1. The van der Waals surface area contributed by atoms with Crippen LogP contribution in [-0.2, 0) is 0 Å². The van der Waals surface area contributed by atoms with Crippen molar-refractivity contribution in [1.82, 2.24) is 10.2 Å². The fourth-order valence-electron chi connectivity index (χ4n) is 2.27. The van der Waals surface area contributed by atoms with Gasteiger partial charge in [-0.1, -0.05) is 29.3 Å². The first-order valence-electron chi connectivity index (χ1n) is 6.30. The quantitative estimate of drug-likeness (QED) is 0.563. The van der Waals surface area contributed by atoms with Gasteiger partial charge in [-0.25, -0.2) is 0 Å². The largest absolute Gasteiger partial charge is 0.495 e. The zero-order valence-corrected chi connectivity index (χ0v) is 15.4. The molecule has 114 valence electrons. The number of hydrogen-bond acceptors (Lipinski definition) is 3. The van der Waals surface area contributed by atoms with Crippen molar-refractivity contribution in [1.29, 1.82) is 0 Å². The molecule has 0 unspecified atom stereocenters. The summed E-state index contributed by atoms with van der Waals surface area (Å²) in [5.74, 6) is 1.02. The van der Waals surface area contributed by atoms with Crippen molar-refractivity contribution < 1.29 is 9.47 Å². The molecule has 0 bridgehead atoms. The number of ether oxygens (including phenoxy) is 2. The van der Waals surface area contributed by atoms with Crippen LogP contribution in [0.2, 0.25) is 10.0 Å². The topological polar surface area (TPSA) is 47.1 Å². The molecule has 7 heteroatoms. The van der Waals surface area contributed by atoms with Gasteiger partial charge in [-0.3, -0.25) is 5.10 Å². The molecule has 0 atom stereocenters. The van der Waals surface area contributed by atoms with Crippen LogP contribution in [0, 0.1) is 3.70 Å². The van der Waals surface area contributed by atoms with Crippen LogP contribution in [0.15, 0.2) is 24.3 Å². The maximum atomic E-state index is 6.44. The van der Waals surface area contributed by atoms with E-state index in [0.29, 0.717) is 27.1 Å². The van der Waals surface area contributed by atoms with Crippen LogP contribution in [0.5, 0.6) is 11.5 Å². The van der Waals surface area contributed by atoms with E-state index in [1.807, 2.05) is 18.2 Å². The maximum absolute atomic E-state index is 6.44. The van der Waals surface area contributed by atoms with Crippen molar-refractivity contribution in [3.8, 4) is 22.6 Å². The Labute approximate surface area is 150 Å². The number of rotatable bonds is 3. The molecule has 0 saturated carbocycles. The first-order chi connectivity index (χ1) is 10.6. The molecule has 1 aromatic heterocycles. The monoisotopic (exact) mass is 448 g/mol. The Bertz CT molecular complexity index is 836. The SMILES string of the molecule is COc1cc(OC)c(Cl)c(-c2ccc3c(I)[nH]nc3c2)c1Cl. The van der Waals surface area contributed by atoms with Crippen LogP contribution in [0.3, 0.4) is 0 Å². The van der Waals surface area contributed by atoms with Gasteiger partial charge in [0.05, 0.1) is 29.8 Å². The lowest BCUT2D eigenvalue weighted by Gasteiger charge is -2.14. The van der Waals surface area contributed by atoms with Crippen molar-refractivity contribution in [2.75, 3.05) is 14.2 Å². The van der Waals surface area contributed by atoms with Gasteiger partial charge in [-0.15, -0.1) is 0 Å². The smallest absolute Gasteiger partial charge is 0.141 e. The van der Waals surface area contributed by atoms with Crippen molar-refractivity contribution >= 4 is 56.7 Å². The van der Waals surface area contributed by atoms with E-state index in [9.17, 15) is 0 Å². The van der Waals surface area contributed by atoms with E-state index in [-0.39, 0.29) is 0 Å². The number of aromatic amines is 1. The number of nitrogens with one attached hydrogen (secondary N) is 1. The van der Waals surface area contributed by atoms with Crippen LogP contribution >= 0.6 is 45.8 Å². The Morgan fingerprint density at radius 1 is 1.05 bits per heavy atom. The highest BCUT2D eigenvalue weighted by Gasteiger charge is 2.19. The highest BCUT2D eigenvalue weighted by Crippen LogP contribution is 2.46.